The Hall–Kier alpha value is -2.72. The Balaban J connectivity index is 0.000000192. The lowest BCUT2D eigenvalue weighted by Crippen LogP contribution is -2.20. The van der Waals surface area contributed by atoms with E-state index < -0.39 is 0 Å². The lowest BCUT2D eigenvalue weighted by molar-refractivity contribution is 0.317. The molecule has 6 aromatic rings. The van der Waals surface area contributed by atoms with Gasteiger partial charge in [0.05, 0.1) is 11.0 Å². The summed E-state index contributed by atoms with van der Waals surface area (Å²) >= 11 is 25.8. The van der Waals surface area contributed by atoms with Crippen molar-refractivity contribution in [2.24, 2.45) is 0 Å². The second kappa shape index (κ2) is 16.4. The molecule has 6 rings (SSSR count). The summed E-state index contributed by atoms with van der Waals surface area (Å²) in [6.45, 7) is 4.37. The Bertz CT molecular complexity index is 1700. The second-order valence-corrected chi connectivity index (χ2v) is 12.8. The van der Waals surface area contributed by atoms with Crippen LogP contribution in [0.15, 0.2) is 59.3 Å². The molecular weight excluding hydrogens is 668 g/mol. The number of aromatic nitrogens is 4. The van der Waals surface area contributed by atoms with Crippen molar-refractivity contribution in [3.05, 3.63) is 88.6 Å². The maximum absolute atomic E-state index is 6.08. The topological polar surface area (TPSA) is 137 Å². The van der Waals surface area contributed by atoms with E-state index in [1.807, 2.05) is 12.1 Å². The number of halogens is 2. The molecular formula is C28H30Cl2N6O3S4. The number of ether oxygens (including phenoxy) is 2. The van der Waals surface area contributed by atoms with Gasteiger partial charge in [0.2, 0.25) is 0 Å². The van der Waals surface area contributed by atoms with Gasteiger partial charge >= 0.3 is 0 Å². The zero-order chi connectivity index (χ0) is 29.3. The van der Waals surface area contributed by atoms with Crippen molar-refractivity contribution in [2.75, 3.05) is 26.3 Å². The van der Waals surface area contributed by atoms with Crippen molar-refractivity contribution >= 4 is 92.4 Å². The maximum Gasteiger partial charge on any atom is 0.175 e. The van der Waals surface area contributed by atoms with Crippen molar-refractivity contribution < 1.29 is 14.9 Å². The number of nitrogens with one attached hydrogen (secondary N) is 6. The normalized spacial score (nSPS) is 10.8. The van der Waals surface area contributed by atoms with E-state index in [-0.39, 0.29) is 5.48 Å². The molecule has 0 unspecified atom stereocenters. The van der Waals surface area contributed by atoms with Crippen LogP contribution in [0.4, 0.5) is 0 Å². The maximum atomic E-state index is 6.08. The molecule has 0 radical (unpaired) electrons. The lowest BCUT2D eigenvalue weighted by atomic mass is 10.3. The summed E-state index contributed by atoms with van der Waals surface area (Å²) in [6.07, 6.45) is 0. The molecule has 0 saturated carbocycles. The number of H-pyrrole nitrogens is 4. The van der Waals surface area contributed by atoms with Crippen LogP contribution in [0.25, 0.3) is 22.1 Å². The highest BCUT2D eigenvalue weighted by atomic mass is 35.5. The second-order valence-electron chi connectivity index (χ2n) is 9.02. The Morgan fingerprint density at radius 3 is 1.51 bits per heavy atom. The summed E-state index contributed by atoms with van der Waals surface area (Å²) in [5.41, 5.74) is 3.41. The van der Waals surface area contributed by atoms with Gasteiger partial charge in [-0.1, -0.05) is 35.3 Å². The van der Waals surface area contributed by atoms with Gasteiger partial charge in [0.1, 0.15) is 35.7 Å². The van der Waals surface area contributed by atoms with E-state index >= 15 is 0 Å². The van der Waals surface area contributed by atoms with Crippen LogP contribution >= 0.6 is 70.3 Å². The van der Waals surface area contributed by atoms with Crippen molar-refractivity contribution in [3.63, 3.8) is 0 Å². The largest absolute Gasteiger partial charge is 0.490 e. The number of fused-ring (bicyclic) bond motifs is 2. The highest BCUT2D eigenvalue weighted by Crippen LogP contribution is 2.29. The predicted octanol–water partition coefficient (Wildman–Crippen LogP) is 7.39. The molecule has 2 aromatic carbocycles. The molecule has 9 nitrogen and oxygen atoms in total. The van der Waals surface area contributed by atoms with Gasteiger partial charge in [-0.05, 0) is 59.5 Å². The van der Waals surface area contributed by atoms with Crippen molar-refractivity contribution in [3.8, 4) is 11.5 Å². The smallest absolute Gasteiger partial charge is 0.175 e. The molecule has 0 aliphatic rings. The Morgan fingerprint density at radius 1 is 0.674 bits per heavy atom. The van der Waals surface area contributed by atoms with Crippen molar-refractivity contribution in [1.29, 1.82) is 0 Å². The van der Waals surface area contributed by atoms with E-state index in [1.54, 1.807) is 34.8 Å². The van der Waals surface area contributed by atoms with Crippen LogP contribution < -0.4 is 20.1 Å². The molecule has 43 heavy (non-hydrogen) atoms. The lowest BCUT2D eigenvalue weighted by Gasteiger charge is -2.08. The third-order valence-electron chi connectivity index (χ3n) is 5.94. The van der Waals surface area contributed by atoms with Crippen LogP contribution in [-0.2, 0) is 13.1 Å². The average molecular weight is 698 g/mol. The standard InChI is InChI=1S/2C14H14ClN3OS2.H2O/c2*15-9-6-11-13(18-14(20)17-11)12(7-9)19-4-3-16-8-10-2-1-5-21-10;/h2*1-2,5-7,16H,3-4,8H2,(H2,17,18,20);1H2. The molecule has 0 aliphatic heterocycles. The van der Waals surface area contributed by atoms with Crippen LogP contribution in [-0.4, -0.2) is 51.7 Å². The molecule has 0 spiro atoms. The molecule has 0 saturated heterocycles. The molecule has 0 amide bonds. The molecule has 8 N–H and O–H groups in total. The van der Waals surface area contributed by atoms with E-state index in [0.717, 1.165) is 48.2 Å². The molecule has 0 aliphatic carbocycles. The van der Waals surface area contributed by atoms with E-state index in [1.165, 1.54) is 9.75 Å². The number of hydrogen-bond donors (Lipinski definition) is 6. The van der Waals surface area contributed by atoms with Gasteiger partial charge in [0.25, 0.3) is 0 Å². The van der Waals surface area contributed by atoms with Gasteiger partial charge in [-0.3, -0.25) is 0 Å². The fraction of sp³-hybridized carbons (Fsp3) is 0.214. The first kappa shape index (κ1) is 33.2. The molecule has 4 aromatic heterocycles. The summed E-state index contributed by atoms with van der Waals surface area (Å²) < 4.78 is 12.7. The minimum Gasteiger partial charge on any atom is -0.490 e. The number of rotatable bonds is 12. The van der Waals surface area contributed by atoms with E-state index in [2.05, 4.69) is 65.6 Å². The predicted molar refractivity (Wildman–Crippen MR) is 184 cm³/mol. The fourth-order valence-corrected chi connectivity index (χ4v) is 6.29. The van der Waals surface area contributed by atoms with Gasteiger partial charge in [-0.2, -0.15) is 0 Å². The zero-order valence-corrected chi connectivity index (χ0v) is 27.5. The van der Waals surface area contributed by atoms with Crippen molar-refractivity contribution in [2.45, 2.75) is 13.1 Å². The Kier molecular flexibility index (Phi) is 12.6. The van der Waals surface area contributed by atoms with E-state index in [9.17, 15) is 0 Å². The molecule has 0 bridgehead atoms. The van der Waals surface area contributed by atoms with Crippen LogP contribution in [0.5, 0.6) is 11.5 Å². The van der Waals surface area contributed by atoms with Gasteiger partial charge in [-0.15, -0.1) is 22.7 Å². The highest BCUT2D eigenvalue weighted by molar-refractivity contribution is 7.71. The quantitative estimate of drug-likeness (QED) is 0.0583. The summed E-state index contributed by atoms with van der Waals surface area (Å²) in [5, 5.41) is 12.1. The fourth-order valence-electron chi connectivity index (χ4n) is 4.10. The first-order valence-electron chi connectivity index (χ1n) is 13.0. The third kappa shape index (κ3) is 9.63. The average Bonchev–Trinajstić information content (AvgIpc) is 3.76. The number of hydrogen-bond acceptors (Lipinski definition) is 8. The zero-order valence-electron chi connectivity index (χ0n) is 22.7. The summed E-state index contributed by atoms with van der Waals surface area (Å²) in [5.74, 6) is 1.42. The first-order chi connectivity index (χ1) is 20.4. The van der Waals surface area contributed by atoms with Crippen LogP contribution in [0.2, 0.25) is 10.0 Å². The van der Waals surface area contributed by atoms with E-state index in [0.29, 0.717) is 44.3 Å². The highest BCUT2D eigenvalue weighted by Gasteiger charge is 2.08. The summed E-state index contributed by atoms with van der Waals surface area (Å²) in [7, 11) is 0. The van der Waals surface area contributed by atoms with Crippen LogP contribution in [0.1, 0.15) is 9.75 Å². The minimum absolute atomic E-state index is 0. The number of benzene rings is 2. The molecule has 0 atom stereocenters. The Labute approximate surface area is 275 Å². The molecule has 0 fully saturated rings. The monoisotopic (exact) mass is 696 g/mol. The van der Waals surface area contributed by atoms with E-state index in [4.69, 9.17) is 57.1 Å². The van der Waals surface area contributed by atoms with Crippen LogP contribution in [0, 0.1) is 9.54 Å². The Morgan fingerprint density at radius 2 is 1.12 bits per heavy atom. The van der Waals surface area contributed by atoms with Gasteiger partial charge in [0.15, 0.2) is 9.54 Å². The number of thiophene rings is 2. The first-order valence-corrected chi connectivity index (χ1v) is 16.3. The summed E-state index contributed by atoms with van der Waals surface area (Å²) in [6, 6.07) is 15.6. The number of aromatic amines is 4. The number of imidazole rings is 2. The van der Waals surface area contributed by atoms with Gasteiger partial charge < -0.3 is 45.5 Å². The molecule has 15 heteroatoms. The van der Waals surface area contributed by atoms with Gasteiger partial charge in [-0.25, -0.2) is 0 Å². The van der Waals surface area contributed by atoms with Gasteiger partial charge in [0, 0.05) is 58.1 Å². The molecule has 4 heterocycles. The summed E-state index contributed by atoms with van der Waals surface area (Å²) in [4.78, 5) is 14.9. The molecule has 228 valence electrons. The van der Waals surface area contributed by atoms with Crippen LogP contribution in [0.3, 0.4) is 0 Å². The minimum atomic E-state index is 0. The van der Waals surface area contributed by atoms with Crippen molar-refractivity contribution in [1.82, 2.24) is 30.6 Å². The third-order valence-corrected chi connectivity index (χ3v) is 8.54. The SMILES string of the molecule is O.S=c1[nH]c2cc(Cl)cc(OCCNCc3cccs3)c2[nH]1.S=c1[nH]c2cc(Cl)cc(OCCNCc3cccs3)c2[nH]1.